The van der Waals surface area contributed by atoms with Crippen LogP contribution in [0.25, 0.3) is 0 Å². The number of imide groups is 1. The Hall–Kier alpha value is -4.21. The second kappa shape index (κ2) is 11.2. The number of carboxylic acid groups (broad SMARTS) is 1. The van der Waals surface area contributed by atoms with Crippen LogP contribution in [-0.2, 0) is 14.4 Å². The molecular formula is C27H29N3O7. The van der Waals surface area contributed by atoms with Gasteiger partial charge >= 0.3 is 5.97 Å². The zero-order chi connectivity index (χ0) is 26.5. The summed E-state index contributed by atoms with van der Waals surface area (Å²) in [7, 11) is 0. The molecular weight excluding hydrogens is 478 g/mol. The van der Waals surface area contributed by atoms with E-state index in [9.17, 15) is 29.1 Å². The van der Waals surface area contributed by atoms with Crippen LogP contribution in [0.5, 0.6) is 5.75 Å². The fourth-order valence-corrected chi connectivity index (χ4v) is 4.53. The number of nitrogens with zero attached hydrogens (tertiary/aromatic N) is 3. The molecule has 0 spiro atoms. The summed E-state index contributed by atoms with van der Waals surface area (Å²) in [6, 6.07) is 12.3. The summed E-state index contributed by atoms with van der Waals surface area (Å²) in [5.74, 6) is -2.31. The van der Waals surface area contributed by atoms with E-state index in [4.69, 9.17) is 4.74 Å². The lowest BCUT2D eigenvalue weighted by atomic mass is 10.1. The Kier molecular flexibility index (Phi) is 7.86. The SMILES string of the molecule is Cc1ccc(OCCC(=O)N2CCN(C(=O)CC[C@@H](C(=O)O)N3C(=O)c4ccccc4C3=O)CC2)cc1. The number of carboxylic acids is 1. The minimum atomic E-state index is -1.44. The van der Waals surface area contributed by atoms with Crippen LogP contribution in [0.15, 0.2) is 48.5 Å². The van der Waals surface area contributed by atoms with Crippen molar-refractivity contribution in [2.75, 3.05) is 32.8 Å². The standard InChI is InChI=1S/C27H29N3O7/c1-18-6-8-19(9-7-18)37-17-12-24(32)29-15-13-28(14-16-29)23(31)11-10-22(27(35)36)30-25(33)20-4-2-3-5-21(20)26(30)34/h2-9,22H,10-17H2,1H3,(H,35,36)/t22-/m0/s1. The normalized spacial score (nSPS) is 16.0. The van der Waals surface area contributed by atoms with Crippen LogP contribution in [0.3, 0.4) is 0 Å². The number of fused-ring (bicyclic) bond motifs is 1. The molecule has 10 nitrogen and oxygen atoms in total. The first-order valence-electron chi connectivity index (χ1n) is 12.2. The molecule has 37 heavy (non-hydrogen) atoms. The summed E-state index contributed by atoms with van der Waals surface area (Å²) >= 11 is 0. The lowest BCUT2D eigenvalue weighted by Gasteiger charge is -2.35. The highest BCUT2D eigenvalue weighted by Gasteiger charge is 2.42. The van der Waals surface area contributed by atoms with Crippen LogP contribution in [0.4, 0.5) is 0 Å². The molecule has 0 bridgehead atoms. The van der Waals surface area contributed by atoms with Crippen molar-refractivity contribution in [3.8, 4) is 5.75 Å². The first kappa shape index (κ1) is 25.9. The van der Waals surface area contributed by atoms with Gasteiger partial charge in [0.25, 0.3) is 11.8 Å². The Bertz CT molecular complexity index is 1170. The number of carbonyl (C=O) groups excluding carboxylic acids is 4. The molecule has 1 fully saturated rings. The smallest absolute Gasteiger partial charge is 0.326 e. The highest BCUT2D eigenvalue weighted by Crippen LogP contribution is 2.26. The van der Waals surface area contributed by atoms with Crippen molar-refractivity contribution in [2.45, 2.75) is 32.2 Å². The monoisotopic (exact) mass is 507 g/mol. The minimum absolute atomic E-state index is 0.0595. The van der Waals surface area contributed by atoms with E-state index in [0.29, 0.717) is 31.9 Å². The number of rotatable bonds is 9. The van der Waals surface area contributed by atoms with E-state index >= 15 is 0 Å². The van der Waals surface area contributed by atoms with E-state index in [1.165, 1.54) is 12.1 Å². The first-order chi connectivity index (χ1) is 17.8. The van der Waals surface area contributed by atoms with Crippen molar-refractivity contribution in [1.82, 2.24) is 14.7 Å². The average Bonchev–Trinajstić information content (AvgIpc) is 3.15. The maximum atomic E-state index is 12.8. The van der Waals surface area contributed by atoms with E-state index < -0.39 is 23.8 Å². The highest BCUT2D eigenvalue weighted by molar-refractivity contribution is 6.22. The lowest BCUT2D eigenvalue weighted by molar-refractivity contribution is -0.143. The molecule has 2 aliphatic rings. The van der Waals surface area contributed by atoms with Gasteiger partial charge < -0.3 is 19.6 Å². The molecule has 0 saturated carbocycles. The topological polar surface area (TPSA) is 125 Å². The molecule has 1 atom stereocenters. The average molecular weight is 508 g/mol. The van der Waals surface area contributed by atoms with Crippen molar-refractivity contribution in [2.24, 2.45) is 0 Å². The molecule has 10 heteroatoms. The Morgan fingerprint density at radius 1 is 0.838 bits per heavy atom. The number of ether oxygens (including phenoxy) is 1. The third-order valence-corrected chi connectivity index (χ3v) is 6.64. The number of benzene rings is 2. The summed E-state index contributed by atoms with van der Waals surface area (Å²) < 4.78 is 5.62. The van der Waals surface area contributed by atoms with Gasteiger partial charge in [0.15, 0.2) is 0 Å². The summed E-state index contributed by atoms with van der Waals surface area (Å²) in [5, 5.41) is 9.70. The van der Waals surface area contributed by atoms with E-state index in [0.717, 1.165) is 10.5 Å². The lowest BCUT2D eigenvalue weighted by Crippen LogP contribution is -2.51. The van der Waals surface area contributed by atoms with Gasteiger partial charge in [-0.15, -0.1) is 0 Å². The summed E-state index contributed by atoms with van der Waals surface area (Å²) in [5.41, 5.74) is 1.45. The van der Waals surface area contributed by atoms with Gasteiger partial charge in [0.2, 0.25) is 11.8 Å². The Morgan fingerprint density at radius 2 is 1.35 bits per heavy atom. The van der Waals surface area contributed by atoms with Crippen molar-refractivity contribution < 1.29 is 33.8 Å². The van der Waals surface area contributed by atoms with E-state index in [-0.39, 0.29) is 48.8 Å². The highest BCUT2D eigenvalue weighted by atomic mass is 16.5. The van der Waals surface area contributed by atoms with E-state index in [1.807, 2.05) is 31.2 Å². The molecule has 2 aromatic carbocycles. The number of piperazine rings is 1. The molecule has 2 heterocycles. The maximum absolute atomic E-state index is 12.8. The Morgan fingerprint density at radius 3 is 1.86 bits per heavy atom. The summed E-state index contributed by atoms with van der Waals surface area (Å²) in [4.78, 5) is 66.5. The first-order valence-corrected chi connectivity index (χ1v) is 12.2. The fourth-order valence-electron chi connectivity index (χ4n) is 4.53. The number of amides is 4. The second-order valence-corrected chi connectivity index (χ2v) is 9.09. The predicted octanol–water partition coefficient (Wildman–Crippen LogP) is 1.96. The van der Waals surface area contributed by atoms with Gasteiger partial charge in [0.1, 0.15) is 11.8 Å². The molecule has 4 rings (SSSR count). The van der Waals surface area contributed by atoms with Gasteiger partial charge in [-0.05, 0) is 37.6 Å². The molecule has 1 saturated heterocycles. The number of hydrogen-bond donors (Lipinski definition) is 1. The maximum Gasteiger partial charge on any atom is 0.326 e. The number of hydrogen-bond acceptors (Lipinski definition) is 6. The van der Waals surface area contributed by atoms with Crippen molar-refractivity contribution in [3.63, 3.8) is 0 Å². The van der Waals surface area contributed by atoms with Crippen LogP contribution in [0.1, 0.15) is 45.5 Å². The Balaban J connectivity index is 1.23. The third-order valence-electron chi connectivity index (χ3n) is 6.64. The van der Waals surface area contributed by atoms with E-state index in [1.54, 1.807) is 21.9 Å². The minimum Gasteiger partial charge on any atom is -0.493 e. The fraction of sp³-hybridized carbons (Fsp3) is 0.370. The largest absolute Gasteiger partial charge is 0.493 e. The van der Waals surface area contributed by atoms with Gasteiger partial charge in [-0.3, -0.25) is 24.1 Å². The van der Waals surface area contributed by atoms with Gasteiger partial charge in [0, 0.05) is 32.6 Å². The third kappa shape index (κ3) is 5.79. The van der Waals surface area contributed by atoms with Crippen LogP contribution < -0.4 is 4.74 Å². The van der Waals surface area contributed by atoms with Crippen LogP contribution in [-0.4, -0.2) is 88.2 Å². The van der Waals surface area contributed by atoms with Crippen molar-refractivity contribution >= 4 is 29.6 Å². The van der Waals surface area contributed by atoms with Gasteiger partial charge in [-0.1, -0.05) is 29.8 Å². The van der Waals surface area contributed by atoms with E-state index in [2.05, 4.69) is 0 Å². The molecule has 194 valence electrons. The molecule has 2 aliphatic heterocycles. The van der Waals surface area contributed by atoms with Crippen molar-refractivity contribution in [3.05, 3.63) is 65.2 Å². The zero-order valence-electron chi connectivity index (χ0n) is 20.6. The predicted molar refractivity (Wildman–Crippen MR) is 132 cm³/mol. The molecule has 0 unspecified atom stereocenters. The number of carbonyl (C=O) groups is 5. The molecule has 2 aromatic rings. The summed E-state index contributed by atoms with van der Waals surface area (Å²) in [6.45, 7) is 3.64. The van der Waals surface area contributed by atoms with Gasteiger partial charge in [-0.25, -0.2) is 4.79 Å². The Labute approximate surface area is 214 Å². The van der Waals surface area contributed by atoms with Gasteiger partial charge in [0.05, 0.1) is 24.2 Å². The molecule has 0 aliphatic carbocycles. The van der Waals surface area contributed by atoms with Crippen LogP contribution in [0.2, 0.25) is 0 Å². The molecule has 1 N–H and O–H groups in total. The van der Waals surface area contributed by atoms with Crippen molar-refractivity contribution in [1.29, 1.82) is 0 Å². The van der Waals surface area contributed by atoms with Crippen LogP contribution in [0, 0.1) is 6.92 Å². The molecule has 0 aromatic heterocycles. The van der Waals surface area contributed by atoms with Crippen LogP contribution >= 0.6 is 0 Å². The van der Waals surface area contributed by atoms with Gasteiger partial charge in [-0.2, -0.15) is 0 Å². The summed E-state index contributed by atoms with van der Waals surface area (Å²) in [6.07, 6.45) is -0.0970. The number of aryl methyl sites for hydroxylation is 1. The second-order valence-electron chi connectivity index (χ2n) is 9.09. The quantitative estimate of drug-likeness (QED) is 0.515. The molecule has 0 radical (unpaired) electrons. The number of aliphatic carboxylic acids is 1. The molecule has 4 amide bonds. The zero-order valence-corrected chi connectivity index (χ0v) is 20.6.